The highest BCUT2D eigenvalue weighted by Crippen LogP contribution is 2.38. The lowest BCUT2D eigenvalue weighted by Crippen LogP contribution is -2.69. The number of ether oxygens (including phenoxy) is 2. The summed E-state index contributed by atoms with van der Waals surface area (Å²) >= 11 is 0. The fourth-order valence-corrected chi connectivity index (χ4v) is 8.21. The molecule has 14 nitrogen and oxygen atoms in total. The van der Waals surface area contributed by atoms with Gasteiger partial charge >= 0.3 is 12.1 Å². The van der Waals surface area contributed by atoms with Crippen molar-refractivity contribution >= 4 is 38.2 Å². The molecule has 4 rings (SSSR count). The number of morpholine rings is 1. The number of urea groups is 1. The Labute approximate surface area is 380 Å². The van der Waals surface area contributed by atoms with Crippen LogP contribution in [-0.4, -0.2) is 105 Å². The van der Waals surface area contributed by atoms with E-state index in [9.17, 15) is 24.3 Å². The first-order valence-electron chi connectivity index (χ1n) is 22.5. The summed E-state index contributed by atoms with van der Waals surface area (Å²) in [7, 11) is -2.56. The highest BCUT2D eigenvalue weighted by molar-refractivity contribution is 6.74. The number of nitrogens with zero attached hydrogens (tertiary/aromatic N) is 1. The predicted molar refractivity (Wildman–Crippen MR) is 251 cm³/mol. The van der Waals surface area contributed by atoms with Crippen molar-refractivity contribution in [1.82, 2.24) is 26.2 Å². The molecule has 3 unspecified atom stereocenters. The van der Waals surface area contributed by atoms with Gasteiger partial charge in [-0.3, -0.25) is 19.7 Å². The number of benzene rings is 3. The number of phenolic OH excluding ortho intramolecular Hbond substituents is 1. The molecule has 1 aliphatic rings. The van der Waals surface area contributed by atoms with Gasteiger partial charge in [0, 0.05) is 51.4 Å². The van der Waals surface area contributed by atoms with E-state index < -0.39 is 61.3 Å². The molecule has 350 valence electrons. The molecule has 0 aromatic heterocycles. The van der Waals surface area contributed by atoms with Gasteiger partial charge in [0.05, 0.1) is 13.2 Å². The number of nitrogens with one attached hydrogen (secondary N) is 4. The summed E-state index contributed by atoms with van der Waals surface area (Å²) in [6.07, 6.45) is 1.46. The molecular formula is C49H71N5O9Si. The van der Waals surface area contributed by atoms with Gasteiger partial charge in [-0.15, -0.1) is 0 Å². The molecule has 1 aliphatic heterocycles. The Morgan fingerprint density at radius 1 is 0.859 bits per heavy atom. The highest BCUT2D eigenvalue weighted by Gasteiger charge is 2.50. The summed E-state index contributed by atoms with van der Waals surface area (Å²) < 4.78 is 18.0. The van der Waals surface area contributed by atoms with Crippen LogP contribution in [-0.2, 0) is 41.1 Å². The number of carbonyl (C=O) groups excluding carboxylic acids is 5. The summed E-state index contributed by atoms with van der Waals surface area (Å²) in [5, 5.41) is 21.5. The topological polar surface area (TPSA) is 185 Å². The molecule has 3 aromatic rings. The summed E-state index contributed by atoms with van der Waals surface area (Å²) in [5.41, 5.74) is 0.293. The van der Waals surface area contributed by atoms with Crippen molar-refractivity contribution in [2.75, 3.05) is 39.5 Å². The molecule has 0 radical (unpaired) electrons. The third-order valence-corrected chi connectivity index (χ3v) is 16.4. The van der Waals surface area contributed by atoms with E-state index in [0.717, 1.165) is 24.0 Å². The van der Waals surface area contributed by atoms with Crippen LogP contribution in [0.1, 0.15) is 85.3 Å². The standard InChI is InChI=1S/C49H71N5O9Si/c1-10-11-13-22-42(56)53-49(32-37-20-16-17-21-40(37)36-18-14-12-15-19-36,38(33-50-46(60)63-47(2,3)4)34-62-64(8,9)48(5,6)7)44(58)51-41(31-35-23-25-39(55)26-24-35)43(57)52-45(59)54-27-29-61-30-28-54/h12,14-21,23-26,38,41,55H,10-11,13,22,27-34H2,1-9H3,(H,50,60)(H,51,58)(H,53,56)(H,52,57,59). The lowest BCUT2D eigenvalue weighted by Gasteiger charge is -2.44. The van der Waals surface area contributed by atoms with Crippen LogP contribution in [0.2, 0.25) is 18.1 Å². The smallest absolute Gasteiger partial charge is 0.407 e. The molecule has 3 atom stereocenters. The number of hydrogen-bond acceptors (Lipinski definition) is 9. The van der Waals surface area contributed by atoms with E-state index in [2.05, 4.69) is 55.1 Å². The average molecular weight is 902 g/mol. The van der Waals surface area contributed by atoms with Crippen LogP contribution < -0.4 is 21.3 Å². The van der Waals surface area contributed by atoms with Gasteiger partial charge in [0.1, 0.15) is 22.9 Å². The van der Waals surface area contributed by atoms with Crippen molar-refractivity contribution in [3.63, 3.8) is 0 Å². The normalized spacial score (nSPS) is 15.2. The summed E-state index contributed by atoms with van der Waals surface area (Å²) in [6, 6.07) is 21.6. The van der Waals surface area contributed by atoms with Crippen LogP contribution in [0.4, 0.5) is 9.59 Å². The van der Waals surface area contributed by atoms with Gasteiger partial charge in [0.25, 0.3) is 5.91 Å². The van der Waals surface area contributed by atoms with Gasteiger partial charge in [0.15, 0.2) is 8.32 Å². The Bertz CT molecular complexity index is 2010. The summed E-state index contributed by atoms with van der Waals surface area (Å²) in [6.45, 7) is 18.7. The molecule has 0 saturated carbocycles. The number of imide groups is 1. The number of aromatic hydroxyl groups is 1. The number of carbonyl (C=O) groups is 5. The van der Waals surface area contributed by atoms with Crippen LogP contribution in [0.3, 0.4) is 0 Å². The second kappa shape index (κ2) is 23.1. The molecule has 1 heterocycles. The summed E-state index contributed by atoms with van der Waals surface area (Å²) in [4.78, 5) is 73.1. The van der Waals surface area contributed by atoms with E-state index in [1.165, 1.54) is 17.0 Å². The average Bonchev–Trinajstić information content (AvgIpc) is 3.23. The first-order valence-corrected chi connectivity index (χ1v) is 25.4. The molecule has 0 aliphatic carbocycles. The lowest BCUT2D eigenvalue weighted by atomic mass is 9.76. The van der Waals surface area contributed by atoms with Gasteiger partial charge in [-0.1, -0.05) is 107 Å². The van der Waals surface area contributed by atoms with Gasteiger partial charge in [-0.2, -0.15) is 0 Å². The lowest BCUT2D eigenvalue weighted by molar-refractivity contribution is -0.139. The van der Waals surface area contributed by atoms with E-state index in [0.29, 0.717) is 30.8 Å². The maximum absolute atomic E-state index is 15.9. The molecule has 3 aromatic carbocycles. The van der Waals surface area contributed by atoms with Crippen LogP contribution in [0.5, 0.6) is 5.75 Å². The van der Waals surface area contributed by atoms with Gasteiger partial charge in [0.2, 0.25) is 11.8 Å². The quantitative estimate of drug-likeness (QED) is 0.0601. The molecule has 15 heteroatoms. The van der Waals surface area contributed by atoms with E-state index in [1.807, 2.05) is 61.5 Å². The van der Waals surface area contributed by atoms with Crippen LogP contribution >= 0.6 is 0 Å². The third kappa shape index (κ3) is 15.2. The molecule has 0 spiro atoms. The molecule has 1 fully saturated rings. The van der Waals surface area contributed by atoms with Crippen molar-refractivity contribution in [3.05, 3.63) is 90.0 Å². The van der Waals surface area contributed by atoms with Crippen LogP contribution in [0, 0.1) is 5.92 Å². The van der Waals surface area contributed by atoms with Gasteiger partial charge in [-0.05, 0) is 79.7 Å². The van der Waals surface area contributed by atoms with Crippen LogP contribution in [0.25, 0.3) is 11.1 Å². The monoisotopic (exact) mass is 902 g/mol. The molecule has 6 amide bonds. The Morgan fingerprint density at radius 2 is 1.50 bits per heavy atom. The largest absolute Gasteiger partial charge is 0.508 e. The number of alkyl carbamates (subject to hydrolysis) is 1. The first kappa shape index (κ1) is 51.4. The van der Waals surface area contributed by atoms with E-state index in [4.69, 9.17) is 13.9 Å². The number of hydrogen-bond donors (Lipinski definition) is 5. The Morgan fingerprint density at radius 3 is 2.12 bits per heavy atom. The van der Waals surface area contributed by atoms with Gasteiger partial charge < -0.3 is 39.9 Å². The minimum atomic E-state index is -2.56. The van der Waals surface area contributed by atoms with Crippen LogP contribution in [0.15, 0.2) is 78.9 Å². The number of unbranched alkanes of at least 4 members (excludes halogenated alkanes) is 2. The van der Waals surface area contributed by atoms with Gasteiger partial charge in [-0.25, -0.2) is 9.59 Å². The minimum absolute atomic E-state index is 0.0141. The molecular weight excluding hydrogens is 831 g/mol. The fraction of sp³-hybridized carbons (Fsp3) is 0.531. The number of rotatable bonds is 19. The van der Waals surface area contributed by atoms with E-state index in [1.54, 1.807) is 32.9 Å². The molecule has 1 saturated heterocycles. The third-order valence-electron chi connectivity index (χ3n) is 11.9. The number of phenols is 1. The zero-order chi connectivity index (χ0) is 47.1. The predicted octanol–water partition coefficient (Wildman–Crippen LogP) is 7.50. The highest BCUT2D eigenvalue weighted by atomic mass is 28.4. The zero-order valence-corrected chi connectivity index (χ0v) is 40.3. The van der Waals surface area contributed by atoms with Crippen molar-refractivity contribution in [2.45, 2.75) is 122 Å². The Kier molecular flexibility index (Phi) is 18.5. The van der Waals surface area contributed by atoms with Crippen molar-refractivity contribution in [3.8, 4) is 16.9 Å². The maximum Gasteiger partial charge on any atom is 0.407 e. The second-order valence-corrected chi connectivity index (χ2v) is 23.9. The molecule has 64 heavy (non-hydrogen) atoms. The SMILES string of the molecule is CCCCCC(=O)NC(Cc1ccccc1-c1ccccc1)(C(=O)NC(Cc1ccc(O)cc1)C(=O)NC(=O)N1CCOCC1)C(CNC(=O)OC(C)(C)C)CO[Si](C)(C)C(C)(C)C. The maximum atomic E-state index is 15.9. The number of amides is 6. The Hall–Kier alpha value is -5.25. The Balaban J connectivity index is 1.95. The van der Waals surface area contributed by atoms with E-state index in [-0.39, 0.29) is 56.3 Å². The first-order chi connectivity index (χ1) is 30.1. The second-order valence-electron chi connectivity index (χ2n) is 19.1. The van der Waals surface area contributed by atoms with Crippen molar-refractivity contribution in [1.29, 1.82) is 0 Å². The fourth-order valence-electron chi connectivity index (χ4n) is 7.16. The van der Waals surface area contributed by atoms with Crippen molar-refractivity contribution in [2.24, 2.45) is 5.92 Å². The van der Waals surface area contributed by atoms with Crippen molar-refractivity contribution < 1.29 is 43.0 Å². The van der Waals surface area contributed by atoms with E-state index >= 15 is 4.79 Å². The summed E-state index contributed by atoms with van der Waals surface area (Å²) in [5.74, 6) is -2.81. The molecule has 0 bridgehead atoms. The zero-order valence-electron chi connectivity index (χ0n) is 39.3. The minimum Gasteiger partial charge on any atom is -0.508 e. The molecule has 5 N–H and O–H groups in total.